The minimum Gasteiger partial charge on any atom is -0.437 e. The number of pyridine rings is 2. The summed E-state index contributed by atoms with van der Waals surface area (Å²) in [6, 6.07) is 7.17. The first kappa shape index (κ1) is 15.4. The van der Waals surface area contributed by atoms with Crippen LogP contribution >= 0.6 is 0 Å². The van der Waals surface area contributed by atoms with E-state index in [1.54, 1.807) is 42.9 Å². The summed E-state index contributed by atoms with van der Waals surface area (Å²) in [7, 11) is 2.07. The van der Waals surface area contributed by atoms with E-state index < -0.39 is 0 Å². The molecule has 6 heteroatoms. The van der Waals surface area contributed by atoms with Gasteiger partial charge in [0.25, 0.3) is 5.91 Å². The Kier molecular flexibility index (Phi) is 4.83. The summed E-state index contributed by atoms with van der Waals surface area (Å²) >= 11 is 0. The lowest BCUT2D eigenvalue weighted by molar-refractivity contribution is 0.0909. The number of rotatable bonds is 4. The van der Waals surface area contributed by atoms with E-state index in [0.717, 1.165) is 25.9 Å². The van der Waals surface area contributed by atoms with Crippen molar-refractivity contribution >= 4 is 5.91 Å². The average Bonchev–Trinajstić information content (AvgIpc) is 2.56. The van der Waals surface area contributed by atoms with Crippen LogP contribution in [0.4, 0.5) is 0 Å². The molecule has 6 nitrogen and oxygen atoms in total. The number of carbonyl (C=O) groups excluding carboxylic acids is 1. The molecule has 2 aromatic heterocycles. The molecule has 1 amide bonds. The van der Waals surface area contributed by atoms with Crippen molar-refractivity contribution < 1.29 is 9.53 Å². The third kappa shape index (κ3) is 4.04. The Morgan fingerprint density at radius 3 is 3.00 bits per heavy atom. The topological polar surface area (TPSA) is 67.4 Å². The highest BCUT2D eigenvalue weighted by Crippen LogP contribution is 2.22. The molecule has 23 heavy (non-hydrogen) atoms. The van der Waals surface area contributed by atoms with E-state index in [1.807, 2.05) is 0 Å². The summed E-state index contributed by atoms with van der Waals surface area (Å²) in [4.78, 5) is 23.0. The third-order valence-corrected chi connectivity index (χ3v) is 3.82. The smallest absolute Gasteiger partial charge is 0.257 e. The Balaban J connectivity index is 1.73. The number of nitrogens with zero attached hydrogens (tertiary/aromatic N) is 3. The third-order valence-electron chi connectivity index (χ3n) is 3.82. The van der Waals surface area contributed by atoms with E-state index in [9.17, 15) is 4.79 Å². The predicted octanol–water partition coefficient (Wildman–Crippen LogP) is 2.09. The molecule has 0 unspecified atom stereocenters. The van der Waals surface area contributed by atoms with Crippen molar-refractivity contribution in [2.75, 3.05) is 20.1 Å². The zero-order chi connectivity index (χ0) is 16.1. The zero-order valence-corrected chi connectivity index (χ0v) is 13.1. The summed E-state index contributed by atoms with van der Waals surface area (Å²) in [6.07, 6.45) is 6.95. The summed E-state index contributed by atoms with van der Waals surface area (Å²) in [5.74, 6) is 0.692. The Morgan fingerprint density at radius 1 is 1.35 bits per heavy atom. The number of carbonyl (C=O) groups is 1. The molecule has 0 bridgehead atoms. The number of likely N-dealkylation sites (N-methyl/N-ethyl adjacent to an activating group) is 1. The fraction of sp³-hybridized carbons (Fsp3) is 0.353. The van der Waals surface area contributed by atoms with Crippen LogP contribution in [0.1, 0.15) is 23.2 Å². The highest BCUT2D eigenvalue weighted by Gasteiger charge is 2.21. The van der Waals surface area contributed by atoms with Crippen LogP contribution in [0.15, 0.2) is 42.9 Å². The molecule has 1 atom stereocenters. The van der Waals surface area contributed by atoms with E-state index in [0.29, 0.717) is 17.2 Å². The number of piperidine rings is 1. The summed E-state index contributed by atoms with van der Waals surface area (Å²) < 4.78 is 5.70. The number of hydrogen-bond acceptors (Lipinski definition) is 5. The largest absolute Gasteiger partial charge is 0.437 e. The molecule has 0 spiro atoms. The minimum absolute atomic E-state index is 0.155. The van der Waals surface area contributed by atoms with Gasteiger partial charge in [0.1, 0.15) is 11.3 Å². The number of nitrogens with one attached hydrogen (secondary N) is 1. The van der Waals surface area contributed by atoms with Crippen LogP contribution in [0.25, 0.3) is 0 Å². The fourth-order valence-corrected chi connectivity index (χ4v) is 2.71. The number of ether oxygens (including phenoxy) is 1. The Labute approximate surface area is 135 Å². The second kappa shape index (κ2) is 7.19. The summed E-state index contributed by atoms with van der Waals surface area (Å²) in [5.41, 5.74) is 0.435. The molecule has 3 rings (SSSR count). The van der Waals surface area contributed by atoms with Crippen molar-refractivity contribution in [3.05, 3.63) is 48.4 Å². The lowest BCUT2D eigenvalue weighted by Gasteiger charge is -2.30. The van der Waals surface area contributed by atoms with Gasteiger partial charge < -0.3 is 15.0 Å². The van der Waals surface area contributed by atoms with E-state index in [1.165, 1.54) is 0 Å². The highest BCUT2D eigenvalue weighted by molar-refractivity contribution is 5.96. The Hall–Kier alpha value is -2.47. The number of amides is 1. The summed E-state index contributed by atoms with van der Waals surface area (Å²) in [5, 5.41) is 3.08. The Bertz CT molecular complexity index is 663. The maximum atomic E-state index is 12.6. The predicted molar refractivity (Wildman–Crippen MR) is 86.5 cm³/mol. The van der Waals surface area contributed by atoms with Gasteiger partial charge in [-0.05, 0) is 50.7 Å². The van der Waals surface area contributed by atoms with E-state index in [4.69, 9.17) is 4.74 Å². The molecule has 3 heterocycles. The van der Waals surface area contributed by atoms with Crippen LogP contribution in [-0.2, 0) is 0 Å². The fourth-order valence-electron chi connectivity index (χ4n) is 2.71. The van der Waals surface area contributed by atoms with Crippen LogP contribution in [0.5, 0.6) is 11.6 Å². The van der Waals surface area contributed by atoms with Crippen LogP contribution in [0.2, 0.25) is 0 Å². The molecule has 0 saturated carbocycles. The first-order chi connectivity index (χ1) is 11.2. The van der Waals surface area contributed by atoms with Gasteiger partial charge in [0.15, 0.2) is 0 Å². The maximum absolute atomic E-state index is 12.6. The van der Waals surface area contributed by atoms with Gasteiger partial charge in [0, 0.05) is 25.0 Å². The molecule has 2 aromatic rings. The first-order valence-electron chi connectivity index (χ1n) is 7.74. The minimum atomic E-state index is -0.155. The molecule has 0 aliphatic carbocycles. The quantitative estimate of drug-likeness (QED) is 0.936. The van der Waals surface area contributed by atoms with Gasteiger partial charge in [-0.1, -0.05) is 0 Å². The summed E-state index contributed by atoms with van der Waals surface area (Å²) in [6.45, 7) is 1.94. The highest BCUT2D eigenvalue weighted by atomic mass is 16.5. The lowest BCUT2D eigenvalue weighted by Crippen LogP contribution is -2.46. The normalized spacial score (nSPS) is 18.4. The van der Waals surface area contributed by atoms with Crippen molar-refractivity contribution in [1.29, 1.82) is 0 Å². The lowest BCUT2D eigenvalue weighted by atomic mass is 10.1. The van der Waals surface area contributed by atoms with Gasteiger partial charge in [-0.2, -0.15) is 0 Å². The van der Waals surface area contributed by atoms with Crippen LogP contribution < -0.4 is 10.1 Å². The first-order valence-corrected chi connectivity index (χ1v) is 7.74. The van der Waals surface area contributed by atoms with Gasteiger partial charge in [0.05, 0.1) is 6.20 Å². The molecule has 1 N–H and O–H groups in total. The molecule has 1 aliphatic heterocycles. The van der Waals surface area contributed by atoms with Crippen molar-refractivity contribution in [3.8, 4) is 11.6 Å². The number of likely N-dealkylation sites (tertiary alicyclic amines) is 1. The number of hydrogen-bond donors (Lipinski definition) is 1. The molecule has 1 saturated heterocycles. The second-order valence-electron chi connectivity index (χ2n) is 5.72. The van der Waals surface area contributed by atoms with Crippen LogP contribution in [0, 0.1) is 0 Å². The van der Waals surface area contributed by atoms with E-state index in [-0.39, 0.29) is 11.9 Å². The molecule has 0 aromatic carbocycles. The molecular formula is C17H20N4O2. The monoisotopic (exact) mass is 312 g/mol. The molecule has 1 fully saturated rings. The van der Waals surface area contributed by atoms with Crippen molar-refractivity contribution in [1.82, 2.24) is 20.2 Å². The van der Waals surface area contributed by atoms with Gasteiger partial charge in [0.2, 0.25) is 5.88 Å². The average molecular weight is 312 g/mol. The van der Waals surface area contributed by atoms with Crippen LogP contribution in [-0.4, -0.2) is 47.0 Å². The standard InChI is InChI=1S/C17H20N4O2/c1-21-10-4-5-13(12-21)20-16(22)15-7-3-9-19-17(15)23-14-6-2-8-18-11-14/h2-3,6-9,11,13H,4-5,10,12H2,1H3,(H,20,22)/t13-/m1/s1. The molecular weight excluding hydrogens is 292 g/mol. The van der Waals surface area contributed by atoms with Crippen molar-refractivity contribution in [2.45, 2.75) is 18.9 Å². The molecule has 0 radical (unpaired) electrons. The van der Waals surface area contributed by atoms with Gasteiger partial charge in [-0.25, -0.2) is 4.98 Å². The van der Waals surface area contributed by atoms with Crippen molar-refractivity contribution in [2.24, 2.45) is 0 Å². The SMILES string of the molecule is CN1CCC[C@@H](NC(=O)c2cccnc2Oc2cccnc2)C1. The number of aromatic nitrogens is 2. The van der Waals surface area contributed by atoms with Crippen LogP contribution in [0.3, 0.4) is 0 Å². The molecule has 1 aliphatic rings. The zero-order valence-electron chi connectivity index (χ0n) is 13.1. The van der Waals surface area contributed by atoms with Gasteiger partial charge >= 0.3 is 0 Å². The van der Waals surface area contributed by atoms with Crippen molar-refractivity contribution in [3.63, 3.8) is 0 Å². The van der Waals surface area contributed by atoms with E-state index in [2.05, 4.69) is 27.2 Å². The van der Waals surface area contributed by atoms with Gasteiger partial charge in [-0.15, -0.1) is 0 Å². The second-order valence-corrected chi connectivity index (χ2v) is 5.72. The molecule has 120 valence electrons. The van der Waals surface area contributed by atoms with Gasteiger partial charge in [-0.3, -0.25) is 9.78 Å². The Morgan fingerprint density at radius 2 is 2.22 bits per heavy atom. The van der Waals surface area contributed by atoms with E-state index >= 15 is 0 Å². The maximum Gasteiger partial charge on any atom is 0.257 e.